The average Bonchev–Trinajstić information content (AvgIpc) is 3.45. The Labute approximate surface area is 187 Å². The van der Waals surface area contributed by atoms with Gasteiger partial charge in [-0.05, 0) is 43.4 Å². The standard InChI is InChI=1S/C23H31FN6O2/c24-17-5-3-4-16(12-17)22-14-30-21(15-32-22)20(27-28-30)13-29-10-8-19(9-11-29)26-23(31)25-18-6-1-2-7-18/h3-5,12,18-19,22H,1-2,6-11,13-15H2,(H2,25,26,31)/t22-/m0/s1. The molecule has 3 aliphatic rings. The summed E-state index contributed by atoms with van der Waals surface area (Å²) in [6.45, 7) is 3.50. The number of hydrogen-bond donors (Lipinski definition) is 2. The van der Waals surface area contributed by atoms with Crippen molar-refractivity contribution in [1.82, 2.24) is 30.5 Å². The minimum Gasteiger partial charge on any atom is -0.365 e. The first kappa shape index (κ1) is 21.3. The first-order valence-corrected chi connectivity index (χ1v) is 11.7. The molecule has 5 rings (SSSR count). The molecule has 1 saturated carbocycles. The van der Waals surface area contributed by atoms with Gasteiger partial charge in [-0.1, -0.05) is 30.2 Å². The molecular weight excluding hydrogens is 411 g/mol. The fraction of sp³-hybridized carbons (Fsp3) is 0.609. The fourth-order valence-corrected chi connectivity index (χ4v) is 5.02. The second-order valence-corrected chi connectivity index (χ2v) is 9.17. The predicted molar refractivity (Wildman–Crippen MR) is 116 cm³/mol. The van der Waals surface area contributed by atoms with Crippen LogP contribution in [0, 0.1) is 5.82 Å². The number of nitrogens with zero attached hydrogens (tertiary/aromatic N) is 4. The van der Waals surface area contributed by atoms with Gasteiger partial charge in [-0.15, -0.1) is 5.10 Å². The van der Waals surface area contributed by atoms with Crippen molar-refractivity contribution in [3.8, 4) is 0 Å². The van der Waals surface area contributed by atoms with Gasteiger partial charge in [-0.3, -0.25) is 4.90 Å². The van der Waals surface area contributed by atoms with E-state index in [4.69, 9.17) is 4.74 Å². The number of ether oxygens (including phenoxy) is 1. The number of carbonyl (C=O) groups excluding carboxylic acids is 1. The number of urea groups is 1. The molecule has 1 aromatic carbocycles. The largest absolute Gasteiger partial charge is 0.365 e. The summed E-state index contributed by atoms with van der Waals surface area (Å²) >= 11 is 0. The van der Waals surface area contributed by atoms with Crippen LogP contribution in [0.15, 0.2) is 24.3 Å². The van der Waals surface area contributed by atoms with Gasteiger partial charge in [-0.2, -0.15) is 0 Å². The summed E-state index contributed by atoms with van der Waals surface area (Å²) in [7, 11) is 0. The van der Waals surface area contributed by atoms with Crippen molar-refractivity contribution in [1.29, 1.82) is 0 Å². The van der Waals surface area contributed by atoms with Gasteiger partial charge in [0.25, 0.3) is 0 Å². The number of halogens is 1. The van der Waals surface area contributed by atoms with E-state index < -0.39 is 0 Å². The zero-order chi connectivity index (χ0) is 21.9. The van der Waals surface area contributed by atoms with E-state index >= 15 is 0 Å². The first-order valence-electron chi connectivity index (χ1n) is 11.7. The maximum atomic E-state index is 13.5. The molecule has 172 valence electrons. The maximum Gasteiger partial charge on any atom is 0.315 e. The Morgan fingerprint density at radius 3 is 2.62 bits per heavy atom. The smallest absolute Gasteiger partial charge is 0.315 e. The Bertz CT molecular complexity index is 936. The molecule has 32 heavy (non-hydrogen) atoms. The van der Waals surface area contributed by atoms with E-state index in [0.717, 1.165) is 62.3 Å². The Hall–Kier alpha value is -2.52. The zero-order valence-electron chi connectivity index (χ0n) is 18.3. The molecule has 3 heterocycles. The van der Waals surface area contributed by atoms with Gasteiger partial charge >= 0.3 is 6.03 Å². The minimum atomic E-state index is -0.259. The van der Waals surface area contributed by atoms with Gasteiger partial charge < -0.3 is 15.4 Å². The highest BCUT2D eigenvalue weighted by molar-refractivity contribution is 5.74. The van der Waals surface area contributed by atoms with Gasteiger partial charge in [-0.25, -0.2) is 13.9 Å². The van der Waals surface area contributed by atoms with E-state index in [1.54, 1.807) is 6.07 Å². The molecule has 8 nitrogen and oxygen atoms in total. The third kappa shape index (κ3) is 4.94. The molecule has 2 fully saturated rings. The van der Waals surface area contributed by atoms with Crippen LogP contribution in [0.25, 0.3) is 0 Å². The molecule has 1 aliphatic carbocycles. The Morgan fingerprint density at radius 2 is 1.88 bits per heavy atom. The van der Waals surface area contributed by atoms with Crippen molar-refractivity contribution in [2.75, 3.05) is 13.1 Å². The first-order chi connectivity index (χ1) is 15.6. The number of hydrogen-bond acceptors (Lipinski definition) is 5. The van der Waals surface area contributed by atoms with E-state index in [1.807, 2.05) is 10.7 Å². The van der Waals surface area contributed by atoms with Gasteiger partial charge in [0.2, 0.25) is 0 Å². The normalized spacial score (nSPS) is 22.6. The summed E-state index contributed by atoms with van der Waals surface area (Å²) in [5.74, 6) is -0.259. The van der Waals surface area contributed by atoms with Crippen LogP contribution in [0.4, 0.5) is 9.18 Å². The summed E-state index contributed by atoms with van der Waals surface area (Å²) in [6, 6.07) is 7.07. The number of benzene rings is 1. The van der Waals surface area contributed by atoms with Crippen LogP contribution in [0.2, 0.25) is 0 Å². The Kier molecular flexibility index (Phi) is 6.36. The van der Waals surface area contributed by atoms with E-state index in [2.05, 4.69) is 25.8 Å². The van der Waals surface area contributed by atoms with Gasteiger partial charge in [0.1, 0.15) is 17.6 Å². The average molecular weight is 443 g/mol. The van der Waals surface area contributed by atoms with Gasteiger partial charge in [0, 0.05) is 31.7 Å². The van der Waals surface area contributed by atoms with Crippen LogP contribution in [0.1, 0.15) is 61.6 Å². The van der Waals surface area contributed by atoms with Crippen LogP contribution >= 0.6 is 0 Å². The van der Waals surface area contributed by atoms with Crippen LogP contribution in [-0.4, -0.2) is 51.1 Å². The molecule has 2 aromatic rings. The van der Waals surface area contributed by atoms with Gasteiger partial charge in [0.15, 0.2) is 0 Å². The highest BCUT2D eigenvalue weighted by atomic mass is 19.1. The lowest BCUT2D eigenvalue weighted by molar-refractivity contribution is -0.00232. The molecule has 2 N–H and O–H groups in total. The lowest BCUT2D eigenvalue weighted by Crippen LogP contribution is -2.49. The lowest BCUT2D eigenvalue weighted by atomic mass is 10.0. The molecule has 0 bridgehead atoms. The fourth-order valence-electron chi connectivity index (χ4n) is 5.02. The highest BCUT2D eigenvalue weighted by Gasteiger charge is 2.28. The highest BCUT2D eigenvalue weighted by Crippen LogP contribution is 2.28. The van der Waals surface area contributed by atoms with Crippen molar-refractivity contribution < 1.29 is 13.9 Å². The van der Waals surface area contributed by atoms with Crippen LogP contribution in [-0.2, 0) is 24.4 Å². The van der Waals surface area contributed by atoms with E-state index in [-0.39, 0.29) is 24.0 Å². The molecule has 1 aromatic heterocycles. The SMILES string of the molecule is O=C(NC1CCCC1)NC1CCN(Cc2nnn3c2CO[C@H](c2cccc(F)c2)C3)CC1. The summed E-state index contributed by atoms with van der Waals surface area (Å²) in [5.41, 5.74) is 2.75. The van der Waals surface area contributed by atoms with E-state index in [9.17, 15) is 9.18 Å². The third-order valence-corrected chi connectivity index (χ3v) is 6.89. The number of fused-ring (bicyclic) bond motifs is 1. The topological polar surface area (TPSA) is 84.3 Å². The zero-order valence-corrected chi connectivity index (χ0v) is 18.3. The number of carbonyl (C=O) groups is 1. The number of rotatable bonds is 5. The molecule has 9 heteroatoms. The van der Waals surface area contributed by atoms with E-state index in [0.29, 0.717) is 19.2 Å². The number of piperidine rings is 1. The maximum absolute atomic E-state index is 13.5. The van der Waals surface area contributed by atoms with Gasteiger partial charge in [0.05, 0.1) is 18.8 Å². The van der Waals surface area contributed by atoms with E-state index in [1.165, 1.54) is 25.0 Å². The molecule has 1 atom stereocenters. The summed E-state index contributed by atoms with van der Waals surface area (Å²) in [4.78, 5) is 14.6. The Morgan fingerprint density at radius 1 is 1.12 bits per heavy atom. The summed E-state index contributed by atoms with van der Waals surface area (Å²) in [6.07, 6.45) is 6.27. The van der Waals surface area contributed by atoms with Crippen molar-refractivity contribution in [3.63, 3.8) is 0 Å². The summed E-state index contributed by atoms with van der Waals surface area (Å²) in [5, 5.41) is 15.0. The summed E-state index contributed by atoms with van der Waals surface area (Å²) < 4.78 is 21.4. The van der Waals surface area contributed by atoms with Crippen molar-refractivity contribution >= 4 is 6.03 Å². The number of aromatic nitrogens is 3. The predicted octanol–water partition coefficient (Wildman–Crippen LogP) is 2.89. The second kappa shape index (κ2) is 9.54. The minimum absolute atomic E-state index is 0.0206. The monoisotopic (exact) mass is 442 g/mol. The van der Waals surface area contributed by atoms with Crippen LogP contribution in [0.3, 0.4) is 0 Å². The van der Waals surface area contributed by atoms with Crippen molar-refractivity contribution in [2.45, 2.75) is 76.4 Å². The molecule has 2 aliphatic heterocycles. The molecule has 2 amide bonds. The number of nitrogens with one attached hydrogen (secondary N) is 2. The lowest BCUT2D eigenvalue weighted by Gasteiger charge is -2.32. The molecule has 0 radical (unpaired) electrons. The molecular formula is C23H31FN6O2. The van der Waals surface area contributed by atoms with Crippen molar-refractivity contribution in [2.24, 2.45) is 0 Å². The second-order valence-electron chi connectivity index (χ2n) is 9.17. The molecule has 0 spiro atoms. The van der Waals surface area contributed by atoms with Crippen LogP contribution < -0.4 is 10.6 Å². The molecule has 1 saturated heterocycles. The quantitative estimate of drug-likeness (QED) is 0.744. The van der Waals surface area contributed by atoms with Crippen LogP contribution in [0.5, 0.6) is 0 Å². The number of likely N-dealkylation sites (tertiary alicyclic amines) is 1. The third-order valence-electron chi connectivity index (χ3n) is 6.89. The Balaban J connectivity index is 1.11. The van der Waals surface area contributed by atoms with Crippen molar-refractivity contribution in [3.05, 3.63) is 47.0 Å². The molecule has 0 unspecified atom stereocenters. The number of amides is 2.